The molecule has 0 bridgehead atoms. The number of aliphatic hydroxyl groups excluding tert-OH is 1. The maximum Gasteiger partial charge on any atom is 0.0524 e. The van der Waals surface area contributed by atoms with Crippen LogP contribution in [0.3, 0.4) is 0 Å². The van der Waals surface area contributed by atoms with Gasteiger partial charge < -0.3 is 5.11 Å². The van der Waals surface area contributed by atoms with E-state index in [9.17, 15) is 0 Å². The molecule has 0 saturated heterocycles. The number of nitrogens with zero attached hydrogens (tertiary/aromatic N) is 2. The van der Waals surface area contributed by atoms with Crippen molar-refractivity contribution in [2.24, 2.45) is 5.92 Å². The molecule has 3 nitrogen and oxygen atoms in total. The molecule has 1 aliphatic carbocycles. The average Bonchev–Trinajstić information content (AvgIpc) is 2.59. The van der Waals surface area contributed by atoms with E-state index in [1.54, 1.807) is 0 Å². The second-order valence-corrected chi connectivity index (χ2v) is 3.72. The first-order chi connectivity index (χ1) is 6.35. The molecule has 2 rings (SSSR count). The Bertz CT molecular complexity index is 280. The van der Waals surface area contributed by atoms with Crippen molar-refractivity contribution in [3.8, 4) is 0 Å². The van der Waals surface area contributed by atoms with Crippen LogP contribution in [0.15, 0.2) is 6.20 Å². The minimum absolute atomic E-state index is 0.314. The highest BCUT2D eigenvalue weighted by molar-refractivity contribution is 5.21. The molecule has 0 aliphatic heterocycles. The molecule has 0 aromatic carbocycles. The second-order valence-electron chi connectivity index (χ2n) is 3.72. The minimum atomic E-state index is 0.314. The molecule has 0 saturated carbocycles. The molecule has 1 heterocycles. The Kier molecular flexibility index (Phi) is 2.36. The molecule has 1 aliphatic rings. The van der Waals surface area contributed by atoms with Crippen LogP contribution in [0.25, 0.3) is 0 Å². The first kappa shape index (κ1) is 8.75. The molecule has 0 spiro atoms. The topological polar surface area (TPSA) is 38.0 Å². The fraction of sp³-hybridized carbons (Fsp3) is 0.700. The number of aliphatic hydroxyl groups is 1. The van der Waals surface area contributed by atoms with Crippen LogP contribution in [0.2, 0.25) is 0 Å². The Morgan fingerprint density at radius 3 is 3.23 bits per heavy atom. The molecule has 1 N–H and O–H groups in total. The Labute approximate surface area is 78.4 Å². The van der Waals surface area contributed by atoms with Gasteiger partial charge in [0.05, 0.1) is 6.20 Å². The van der Waals surface area contributed by atoms with Crippen molar-refractivity contribution in [3.63, 3.8) is 0 Å². The van der Waals surface area contributed by atoms with Crippen molar-refractivity contribution in [3.05, 3.63) is 17.5 Å². The van der Waals surface area contributed by atoms with Crippen molar-refractivity contribution < 1.29 is 5.11 Å². The molecular weight excluding hydrogens is 164 g/mol. The van der Waals surface area contributed by atoms with E-state index in [4.69, 9.17) is 5.11 Å². The highest BCUT2D eigenvalue weighted by atomic mass is 16.3. The summed E-state index contributed by atoms with van der Waals surface area (Å²) in [7, 11) is 0. The standard InChI is InChI=1S/C10H16N2O/c1-2-12-10-5-8(7-13)3-4-9(10)6-11-12/h6,8,13H,2-5,7H2,1H3/t8-/m0/s1. The number of aryl methyl sites for hydroxylation is 2. The molecular formula is C10H16N2O. The molecule has 0 fully saturated rings. The van der Waals surface area contributed by atoms with Gasteiger partial charge in [0.15, 0.2) is 0 Å². The Hall–Kier alpha value is -0.830. The number of hydrogen-bond acceptors (Lipinski definition) is 2. The highest BCUT2D eigenvalue weighted by Gasteiger charge is 2.21. The van der Waals surface area contributed by atoms with Crippen LogP contribution < -0.4 is 0 Å². The van der Waals surface area contributed by atoms with Crippen molar-refractivity contribution in [2.75, 3.05) is 6.61 Å². The number of rotatable bonds is 2. The van der Waals surface area contributed by atoms with Crippen LogP contribution in [0.4, 0.5) is 0 Å². The van der Waals surface area contributed by atoms with E-state index >= 15 is 0 Å². The third kappa shape index (κ3) is 1.48. The summed E-state index contributed by atoms with van der Waals surface area (Å²) >= 11 is 0. The molecule has 0 radical (unpaired) electrons. The van der Waals surface area contributed by atoms with Gasteiger partial charge in [-0.3, -0.25) is 4.68 Å². The van der Waals surface area contributed by atoms with Gasteiger partial charge in [0.25, 0.3) is 0 Å². The summed E-state index contributed by atoms with van der Waals surface area (Å²) in [6.07, 6.45) is 5.17. The first-order valence-corrected chi connectivity index (χ1v) is 4.99. The quantitative estimate of drug-likeness (QED) is 0.737. The molecule has 0 unspecified atom stereocenters. The zero-order valence-electron chi connectivity index (χ0n) is 8.03. The monoisotopic (exact) mass is 180 g/mol. The Morgan fingerprint density at radius 1 is 1.69 bits per heavy atom. The summed E-state index contributed by atoms with van der Waals surface area (Å²) in [5.41, 5.74) is 2.72. The summed E-state index contributed by atoms with van der Waals surface area (Å²) in [4.78, 5) is 0. The van der Waals surface area contributed by atoms with Gasteiger partial charge in [-0.05, 0) is 37.7 Å². The normalized spacial score (nSPS) is 21.5. The first-order valence-electron chi connectivity index (χ1n) is 4.99. The average molecular weight is 180 g/mol. The number of hydrogen-bond donors (Lipinski definition) is 1. The van der Waals surface area contributed by atoms with Crippen LogP contribution in [0.5, 0.6) is 0 Å². The summed E-state index contributed by atoms with van der Waals surface area (Å²) in [5, 5.41) is 13.4. The lowest BCUT2D eigenvalue weighted by atomic mass is 9.88. The van der Waals surface area contributed by atoms with E-state index in [-0.39, 0.29) is 0 Å². The van der Waals surface area contributed by atoms with Crippen molar-refractivity contribution in [1.82, 2.24) is 9.78 Å². The molecule has 0 amide bonds. The van der Waals surface area contributed by atoms with Gasteiger partial charge >= 0.3 is 0 Å². The smallest absolute Gasteiger partial charge is 0.0524 e. The molecule has 72 valence electrons. The van der Waals surface area contributed by atoms with E-state index in [1.807, 2.05) is 6.20 Å². The van der Waals surface area contributed by atoms with Gasteiger partial charge in [0.1, 0.15) is 0 Å². The van der Waals surface area contributed by atoms with Gasteiger partial charge in [-0.2, -0.15) is 5.10 Å². The van der Waals surface area contributed by atoms with E-state index in [2.05, 4.69) is 16.7 Å². The third-order valence-electron chi connectivity index (χ3n) is 2.90. The van der Waals surface area contributed by atoms with Gasteiger partial charge in [-0.1, -0.05) is 0 Å². The molecule has 3 heteroatoms. The maximum atomic E-state index is 9.09. The summed E-state index contributed by atoms with van der Waals surface area (Å²) in [5.74, 6) is 0.453. The van der Waals surface area contributed by atoms with E-state index < -0.39 is 0 Å². The van der Waals surface area contributed by atoms with E-state index in [0.717, 1.165) is 25.8 Å². The Morgan fingerprint density at radius 2 is 2.54 bits per heavy atom. The minimum Gasteiger partial charge on any atom is -0.396 e. The lowest BCUT2D eigenvalue weighted by Gasteiger charge is -2.20. The van der Waals surface area contributed by atoms with Gasteiger partial charge in [-0.15, -0.1) is 0 Å². The fourth-order valence-corrected chi connectivity index (χ4v) is 2.06. The molecule has 13 heavy (non-hydrogen) atoms. The SMILES string of the molecule is CCn1ncc2c1C[C@@H](CO)CC2. The number of fused-ring (bicyclic) bond motifs is 1. The molecule has 1 aromatic heterocycles. The lowest BCUT2D eigenvalue weighted by molar-refractivity contribution is 0.211. The van der Waals surface area contributed by atoms with Crippen LogP contribution in [0.1, 0.15) is 24.6 Å². The van der Waals surface area contributed by atoms with Crippen molar-refractivity contribution >= 4 is 0 Å². The van der Waals surface area contributed by atoms with Crippen LogP contribution in [-0.2, 0) is 19.4 Å². The van der Waals surface area contributed by atoms with Gasteiger partial charge in [0, 0.05) is 18.8 Å². The summed E-state index contributed by atoms with van der Waals surface area (Å²) in [6.45, 7) is 3.36. The second kappa shape index (κ2) is 3.50. The summed E-state index contributed by atoms with van der Waals surface area (Å²) in [6, 6.07) is 0. The van der Waals surface area contributed by atoms with Crippen LogP contribution >= 0.6 is 0 Å². The predicted octanol–water partition coefficient (Wildman–Crippen LogP) is 1.00. The molecule has 1 atom stereocenters. The predicted molar refractivity (Wildman–Crippen MR) is 50.5 cm³/mol. The lowest BCUT2D eigenvalue weighted by Crippen LogP contribution is -2.19. The maximum absolute atomic E-state index is 9.09. The fourth-order valence-electron chi connectivity index (χ4n) is 2.06. The van der Waals surface area contributed by atoms with Gasteiger partial charge in [0.2, 0.25) is 0 Å². The largest absolute Gasteiger partial charge is 0.396 e. The van der Waals surface area contributed by atoms with Crippen molar-refractivity contribution in [1.29, 1.82) is 0 Å². The number of aromatic nitrogens is 2. The van der Waals surface area contributed by atoms with Crippen LogP contribution in [0, 0.1) is 5.92 Å². The van der Waals surface area contributed by atoms with Crippen molar-refractivity contribution in [2.45, 2.75) is 32.7 Å². The third-order valence-corrected chi connectivity index (χ3v) is 2.90. The van der Waals surface area contributed by atoms with Crippen LogP contribution in [-0.4, -0.2) is 21.5 Å². The zero-order valence-corrected chi connectivity index (χ0v) is 8.03. The van der Waals surface area contributed by atoms with E-state index in [1.165, 1.54) is 11.3 Å². The van der Waals surface area contributed by atoms with E-state index in [0.29, 0.717) is 12.5 Å². The molecule has 1 aromatic rings. The summed E-state index contributed by atoms with van der Waals surface area (Å²) < 4.78 is 2.05. The Balaban J connectivity index is 2.25. The highest BCUT2D eigenvalue weighted by Crippen LogP contribution is 2.24. The van der Waals surface area contributed by atoms with Gasteiger partial charge in [-0.25, -0.2) is 0 Å². The zero-order chi connectivity index (χ0) is 9.26.